The summed E-state index contributed by atoms with van der Waals surface area (Å²) in [5.74, 6) is 0.272. The second kappa shape index (κ2) is 6.33. The molecule has 0 radical (unpaired) electrons. The van der Waals surface area contributed by atoms with E-state index in [-0.39, 0.29) is 12.6 Å². The Bertz CT molecular complexity index is 455. The molecule has 0 spiro atoms. The normalized spacial score (nSPS) is 10.5. The van der Waals surface area contributed by atoms with Crippen molar-refractivity contribution in [1.82, 2.24) is 0 Å². The average Bonchev–Trinajstić information content (AvgIpc) is 2.37. The first-order chi connectivity index (χ1) is 8.17. The number of hydrogen-bond donors (Lipinski definition) is 0. The second-order valence-corrected chi connectivity index (χ2v) is 3.33. The molecule has 0 atom stereocenters. The number of ether oxygens (including phenoxy) is 2. The molecule has 0 saturated heterocycles. The highest BCUT2D eigenvalue weighted by atomic mass is 16.5. The number of benzene rings is 1. The van der Waals surface area contributed by atoms with Gasteiger partial charge < -0.3 is 9.47 Å². The van der Waals surface area contributed by atoms with Crippen LogP contribution in [-0.2, 0) is 9.53 Å². The van der Waals surface area contributed by atoms with Gasteiger partial charge in [-0.1, -0.05) is 12.1 Å². The van der Waals surface area contributed by atoms with Crippen LogP contribution in [0.15, 0.2) is 29.8 Å². The smallest absolute Gasteiger partial charge is 0.333 e. The van der Waals surface area contributed by atoms with Gasteiger partial charge in [0.1, 0.15) is 11.8 Å². The Morgan fingerprint density at radius 1 is 1.41 bits per heavy atom. The third-order valence-electron chi connectivity index (χ3n) is 2.07. The zero-order valence-corrected chi connectivity index (χ0v) is 9.77. The molecular formula is C13H13NO3. The van der Waals surface area contributed by atoms with Crippen LogP contribution in [0.4, 0.5) is 0 Å². The molecule has 4 heteroatoms. The zero-order valence-electron chi connectivity index (χ0n) is 9.77. The minimum atomic E-state index is -0.352. The quantitative estimate of drug-likeness (QED) is 0.588. The molecule has 0 amide bonds. The molecule has 1 rings (SSSR count). The van der Waals surface area contributed by atoms with Crippen molar-refractivity contribution in [1.29, 1.82) is 5.26 Å². The van der Waals surface area contributed by atoms with Crippen LogP contribution in [0.5, 0.6) is 5.75 Å². The topological polar surface area (TPSA) is 59.3 Å². The van der Waals surface area contributed by atoms with Gasteiger partial charge in [0, 0.05) is 5.57 Å². The molecule has 0 fully saturated rings. The van der Waals surface area contributed by atoms with E-state index in [2.05, 4.69) is 4.74 Å². The van der Waals surface area contributed by atoms with Gasteiger partial charge in [-0.2, -0.15) is 5.26 Å². The number of hydrogen-bond acceptors (Lipinski definition) is 4. The summed E-state index contributed by atoms with van der Waals surface area (Å²) in [5, 5.41) is 8.35. The zero-order chi connectivity index (χ0) is 12.7. The summed E-state index contributed by atoms with van der Waals surface area (Å²) < 4.78 is 9.70. The van der Waals surface area contributed by atoms with Crippen LogP contribution >= 0.6 is 0 Å². The molecule has 0 heterocycles. The number of nitrogens with zero attached hydrogens (tertiary/aromatic N) is 1. The fraction of sp³-hybridized carbons (Fsp3) is 0.231. The molecule has 4 nitrogen and oxygen atoms in total. The summed E-state index contributed by atoms with van der Waals surface area (Å²) in [5.41, 5.74) is 1.40. The minimum absolute atomic E-state index is 0.0242. The maximum Gasteiger partial charge on any atom is 0.333 e. The Morgan fingerprint density at radius 2 is 2.06 bits per heavy atom. The Hall–Kier alpha value is -2.28. The summed E-state index contributed by atoms with van der Waals surface area (Å²) in [6, 6.07) is 8.99. The molecule has 0 aliphatic rings. The largest absolute Gasteiger partial charge is 0.479 e. The van der Waals surface area contributed by atoms with Gasteiger partial charge in [0.05, 0.1) is 7.11 Å². The molecular weight excluding hydrogens is 218 g/mol. The van der Waals surface area contributed by atoms with E-state index in [9.17, 15) is 4.79 Å². The first-order valence-corrected chi connectivity index (χ1v) is 5.04. The van der Waals surface area contributed by atoms with Crippen molar-refractivity contribution < 1.29 is 14.3 Å². The summed E-state index contributed by atoms with van der Waals surface area (Å²) in [4.78, 5) is 11.2. The van der Waals surface area contributed by atoms with Crippen LogP contribution in [0.25, 0.3) is 6.08 Å². The van der Waals surface area contributed by atoms with E-state index < -0.39 is 0 Å². The maximum absolute atomic E-state index is 11.2. The van der Waals surface area contributed by atoms with Gasteiger partial charge in [-0.3, -0.25) is 0 Å². The van der Waals surface area contributed by atoms with E-state index >= 15 is 0 Å². The van der Waals surface area contributed by atoms with Crippen LogP contribution < -0.4 is 4.74 Å². The highest BCUT2D eigenvalue weighted by Gasteiger charge is 2.02. The van der Waals surface area contributed by atoms with Gasteiger partial charge in [-0.15, -0.1) is 0 Å². The molecule has 0 aliphatic heterocycles. The van der Waals surface area contributed by atoms with Crippen molar-refractivity contribution in [3.8, 4) is 11.8 Å². The van der Waals surface area contributed by atoms with Crippen LogP contribution in [0.2, 0.25) is 0 Å². The van der Waals surface area contributed by atoms with Gasteiger partial charge in [-0.25, -0.2) is 4.79 Å². The van der Waals surface area contributed by atoms with Gasteiger partial charge in [0.25, 0.3) is 0 Å². The van der Waals surface area contributed by atoms with Gasteiger partial charge in [0.15, 0.2) is 6.61 Å². The van der Waals surface area contributed by atoms with E-state index in [0.29, 0.717) is 11.3 Å². The van der Waals surface area contributed by atoms with E-state index in [0.717, 1.165) is 5.56 Å². The van der Waals surface area contributed by atoms with Crippen LogP contribution in [0, 0.1) is 11.3 Å². The highest BCUT2D eigenvalue weighted by molar-refractivity contribution is 5.92. The van der Waals surface area contributed by atoms with Crippen LogP contribution in [0.3, 0.4) is 0 Å². The second-order valence-electron chi connectivity index (χ2n) is 3.33. The third-order valence-corrected chi connectivity index (χ3v) is 2.07. The molecule has 17 heavy (non-hydrogen) atoms. The number of methoxy groups -OCH3 is 1. The molecule has 0 saturated carbocycles. The van der Waals surface area contributed by atoms with Crippen molar-refractivity contribution >= 4 is 12.0 Å². The van der Waals surface area contributed by atoms with E-state index in [1.807, 2.05) is 6.07 Å². The van der Waals surface area contributed by atoms with Crippen molar-refractivity contribution in [2.24, 2.45) is 0 Å². The Kier molecular flexibility index (Phi) is 4.77. The van der Waals surface area contributed by atoms with Crippen LogP contribution in [-0.4, -0.2) is 19.7 Å². The fourth-order valence-electron chi connectivity index (χ4n) is 1.25. The lowest BCUT2D eigenvalue weighted by molar-refractivity contribution is -0.135. The number of rotatable bonds is 4. The number of esters is 1. The predicted octanol–water partition coefficient (Wildman–Crippen LogP) is 2.17. The summed E-state index contributed by atoms with van der Waals surface area (Å²) in [6.45, 7) is 1.71. The highest BCUT2D eigenvalue weighted by Crippen LogP contribution is 2.14. The number of carbonyl (C=O) groups excluding carboxylic acids is 1. The monoisotopic (exact) mass is 231 g/mol. The SMILES string of the molecule is COC(=O)/C(C)=C/c1ccc(OCC#N)cc1. The van der Waals surface area contributed by atoms with Crippen molar-refractivity contribution in [3.05, 3.63) is 35.4 Å². The molecule has 0 aliphatic carbocycles. The molecule has 88 valence electrons. The van der Waals surface area contributed by atoms with Gasteiger partial charge in [-0.05, 0) is 30.7 Å². The molecule has 0 aromatic heterocycles. The predicted molar refractivity (Wildman–Crippen MR) is 63.2 cm³/mol. The first kappa shape index (κ1) is 12.8. The minimum Gasteiger partial charge on any atom is -0.479 e. The summed E-state index contributed by atoms with van der Waals surface area (Å²) in [6.07, 6.45) is 1.72. The van der Waals surface area contributed by atoms with E-state index in [1.54, 1.807) is 37.3 Å². The van der Waals surface area contributed by atoms with Crippen molar-refractivity contribution in [2.45, 2.75) is 6.92 Å². The molecule has 0 unspecified atom stereocenters. The number of nitriles is 1. The van der Waals surface area contributed by atoms with E-state index in [4.69, 9.17) is 10.00 Å². The fourth-order valence-corrected chi connectivity index (χ4v) is 1.25. The molecule has 0 N–H and O–H groups in total. The first-order valence-electron chi connectivity index (χ1n) is 5.04. The maximum atomic E-state index is 11.2. The Morgan fingerprint density at radius 3 is 2.59 bits per heavy atom. The average molecular weight is 231 g/mol. The third kappa shape index (κ3) is 3.99. The Labute approximate surface area is 100 Å². The number of carbonyl (C=O) groups is 1. The lowest BCUT2D eigenvalue weighted by atomic mass is 10.1. The Balaban J connectivity index is 2.75. The van der Waals surface area contributed by atoms with Gasteiger partial charge >= 0.3 is 5.97 Å². The standard InChI is InChI=1S/C13H13NO3/c1-10(13(15)16-2)9-11-3-5-12(6-4-11)17-8-7-14/h3-6,9H,8H2,1-2H3/b10-9+. The molecule has 1 aromatic carbocycles. The van der Waals surface area contributed by atoms with Crippen LogP contribution in [0.1, 0.15) is 12.5 Å². The lowest BCUT2D eigenvalue weighted by Crippen LogP contribution is -2.00. The summed E-state index contributed by atoms with van der Waals surface area (Å²) >= 11 is 0. The van der Waals surface area contributed by atoms with E-state index in [1.165, 1.54) is 7.11 Å². The summed E-state index contributed by atoms with van der Waals surface area (Å²) in [7, 11) is 1.35. The lowest BCUT2D eigenvalue weighted by Gasteiger charge is -2.02. The molecule has 0 bridgehead atoms. The van der Waals surface area contributed by atoms with Crippen molar-refractivity contribution in [3.63, 3.8) is 0 Å². The van der Waals surface area contributed by atoms with Gasteiger partial charge in [0.2, 0.25) is 0 Å². The molecule has 1 aromatic rings. The van der Waals surface area contributed by atoms with Crippen molar-refractivity contribution in [2.75, 3.05) is 13.7 Å².